The van der Waals surface area contributed by atoms with Crippen LogP contribution in [-0.4, -0.2) is 48.4 Å². The molecule has 1 saturated heterocycles. The van der Waals surface area contributed by atoms with Gasteiger partial charge in [0.15, 0.2) is 0 Å². The maximum absolute atomic E-state index is 13.0. The van der Waals surface area contributed by atoms with Crippen LogP contribution in [0, 0.1) is 23.2 Å². The predicted molar refractivity (Wildman–Crippen MR) is 123 cm³/mol. The molecule has 4 N–H and O–H groups in total. The minimum Gasteiger partial charge on any atom is -0.496 e. The molecule has 9 heteroatoms. The molecule has 2 aromatic rings. The molecule has 1 aliphatic heterocycles. The zero-order valence-electron chi connectivity index (χ0n) is 19.2. The monoisotopic (exact) mass is 453 g/mol. The van der Waals surface area contributed by atoms with E-state index in [2.05, 4.69) is 27.0 Å². The maximum atomic E-state index is 13.0. The number of nitrogens with zero attached hydrogens (tertiary/aromatic N) is 1. The topological polar surface area (TPSA) is 136 Å². The number of aromatic nitrogens is 1. The van der Waals surface area contributed by atoms with Gasteiger partial charge in [0.25, 0.3) is 5.91 Å². The smallest absolute Gasteiger partial charge is 0.268 e. The van der Waals surface area contributed by atoms with Gasteiger partial charge < -0.3 is 25.7 Å². The SMILES string of the molecule is COc1cccc2[nH]c(C(=O)NC(CC(C)C)C(=O)NC(C#N)CC3CCCNC3=O)cc12. The van der Waals surface area contributed by atoms with E-state index in [4.69, 9.17) is 4.74 Å². The molecule has 0 radical (unpaired) electrons. The molecule has 0 bridgehead atoms. The number of piperidine rings is 1. The van der Waals surface area contributed by atoms with Crippen molar-refractivity contribution in [3.8, 4) is 11.8 Å². The summed E-state index contributed by atoms with van der Waals surface area (Å²) < 4.78 is 5.34. The minimum absolute atomic E-state index is 0.0861. The first kappa shape index (κ1) is 24.1. The molecule has 0 spiro atoms. The highest BCUT2D eigenvalue weighted by Crippen LogP contribution is 2.26. The predicted octanol–water partition coefficient (Wildman–Crippen LogP) is 2.25. The van der Waals surface area contributed by atoms with Gasteiger partial charge in [0, 0.05) is 23.4 Å². The number of hydrogen-bond donors (Lipinski definition) is 4. The van der Waals surface area contributed by atoms with E-state index in [-0.39, 0.29) is 24.2 Å². The van der Waals surface area contributed by atoms with Crippen LogP contribution in [-0.2, 0) is 9.59 Å². The standard InChI is InChI=1S/C24H31N5O4/c1-14(2)10-19(23(31)27-16(13-25)11-15-6-5-9-26-22(15)30)29-24(32)20-12-17-18(28-20)7-4-8-21(17)33-3/h4,7-8,12,14-16,19,28H,5-6,9-11H2,1-3H3,(H,26,30)(H,27,31)(H,29,32). The number of carbonyl (C=O) groups is 3. The molecule has 3 rings (SSSR count). The second-order valence-corrected chi connectivity index (χ2v) is 8.82. The summed E-state index contributed by atoms with van der Waals surface area (Å²) in [5.41, 5.74) is 1.06. The van der Waals surface area contributed by atoms with Crippen LogP contribution in [0.5, 0.6) is 5.75 Å². The largest absolute Gasteiger partial charge is 0.496 e. The molecule has 1 aliphatic rings. The number of methoxy groups -OCH3 is 1. The number of hydrogen-bond acceptors (Lipinski definition) is 5. The van der Waals surface area contributed by atoms with Crippen LogP contribution >= 0.6 is 0 Å². The number of rotatable bonds is 9. The lowest BCUT2D eigenvalue weighted by Gasteiger charge is -2.25. The van der Waals surface area contributed by atoms with Gasteiger partial charge in [-0.2, -0.15) is 5.26 Å². The molecule has 1 fully saturated rings. The average molecular weight is 454 g/mol. The number of carbonyl (C=O) groups excluding carboxylic acids is 3. The minimum atomic E-state index is -0.818. The van der Waals surface area contributed by atoms with Gasteiger partial charge >= 0.3 is 0 Å². The van der Waals surface area contributed by atoms with E-state index >= 15 is 0 Å². The van der Waals surface area contributed by atoms with Gasteiger partial charge in [-0.25, -0.2) is 0 Å². The third-order valence-electron chi connectivity index (χ3n) is 5.81. The molecule has 176 valence electrons. The van der Waals surface area contributed by atoms with Gasteiger partial charge in [0.2, 0.25) is 11.8 Å². The van der Waals surface area contributed by atoms with E-state index in [0.717, 1.165) is 17.3 Å². The lowest BCUT2D eigenvalue weighted by atomic mass is 9.91. The van der Waals surface area contributed by atoms with E-state index in [9.17, 15) is 19.6 Å². The molecule has 33 heavy (non-hydrogen) atoms. The molecule has 0 aliphatic carbocycles. The van der Waals surface area contributed by atoms with E-state index < -0.39 is 23.9 Å². The van der Waals surface area contributed by atoms with Crippen LogP contribution in [0.3, 0.4) is 0 Å². The van der Waals surface area contributed by atoms with Gasteiger partial charge in [-0.15, -0.1) is 0 Å². The third kappa shape index (κ3) is 6.04. The number of benzene rings is 1. The maximum Gasteiger partial charge on any atom is 0.268 e. The normalized spacial score (nSPS) is 17.7. The zero-order valence-corrected chi connectivity index (χ0v) is 19.2. The number of amides is 3. The first-order valence-electron chi connectivity index (χ1n) is 11.3. The van der Waals surface area contributed by atoms with Crippen molar-refractivity contribution in [3.05, 3.63) is 30.0 Å². The van der Waals surface area contributed by atoms with Crippen LogP contribution in [0.15, 0.2) is 24.3 Å². The van der Waals surface area contributed by atoms with Crippen molar-refractivity contribution < 1.29 is 19.1 Å². The van der Waals surface area contributed by atoms with Gasteiger partial charge in [-0.1, -0.05) is 19.9 Å². The fourth-order valence-electron chi connectivity index (χ4n) is 4.13. The zero-order chi connectivity index (χ0) is 24.0. The van der Waals surface area contributed by atoms with Crippen LogP contribution in [0.2, 0.25) is 0 Å². The van der Waals surface area contributed by atoms with Crippen LogP contribution in [0.25, 0.3) is 10.9 Å². The quantitative estimate of drug-likeness (QED) is 0.462. The summed E-state index contributed by atoms with van der Waals surface area (Å²) in [6, 6.07) is 7.61. The van der Waals surface area contributed by atoms with Gasteiger partial charge in [0.05, 0.1) is 13.2 Å². The van der Waals surface area contributed by atoms with Crippen molar-refractivity contribution in [3.63, 3.8) is 0 Å². The second-order valence-electron chi connectivity index (χ2n) is 8.82. The van der Waals surface area contributed by atoms with Crippen molar-refractivity contribution >= 4 is 28.6 Å². The fraction of sp³-hybridized carbons (Fsp3) is 0.500. The Hall–Kier alpha value is -3.54. The molecule has 9 nitrogen and oxygen atoms in total. The molecule has 0 saturated carbocycles. The highest BCUT2D eigenvalue weighted by atomic mass is 16.5. The van der Waals surface area contributed by atoms with E-state index in [1.807, 2.05) is 32.0 Å². The molecule has 2 heterocycles. The summed E-state index contributed by atoms with van der Waals surface area (Å²) in [6.45, 7) is 4.55. The van der Waals surface area contributed by atoms with Gasteiger partial charge in [-0.3, -0.25) is 14.4 Å². The number of aromatic amines is 1. The van der Waals surface area contributed by atoms with Crippen LogP contribution in [0.4, 0.5) is 0 Å². The Kier molecular flexibility index (Phi) is 7.93. The Morgan fingerprint density at radius 1 is 1.30 bits per heavy atom. The number of ether oxygens (including phenoxy) is 1. The highest BCUT2D eigenvalue weighted by molar-refractivity contribution is 6.01. The second kappa shape index (κ2) is 10.9. The van der Waals surface area contributed by atoms with E-state index in [1.54, 1.807) is 13.2 Å². The first-order valence-corrected chi connectivity index (χ1v) is 11.3. The number of fused-ring (bicyclic) bond motifs is 1. The Bertz CT molecular complexity index is 1050. The number of nitrogens with one attached hydrogen (secondary N) is 4. The van der Waals surface area contributed by atoms with E-state index in [1.165, 1.54) is 0 Å². The van der Waals surface area contributed by atoms with Crippen molar-refractivity contribution in [1.82, 2.24) is 20.9 Å². The highest BCUT2D eigenvalue weighted by Gasteiger charge is 2.29. The first-order chi connectivity index (χ1) is 15.8. The summed E-state index contributed by atoms with van der Waals surface area (Å²) in [7, 11) is 1.56. The fourth-order valence-corrected chi connectivity index (χ4v) is 4.13. The molecule has 3 atom stereocenters. The summed E-state index contributed by atoms with van der Waals surface area (Å²) >= 11 is 0. The number of nitriles is 1. The average Bonchev–Trinajstić information content (AvgIpc) is 3.24. The van der Waals surface area contributed by atoms with E-state index in [0.29, 0.717) is 30.8 Å². The summed E-state index contributed by atoms with van der Waals surface area (Å²) in [5.74, 6) is -0.473. The van der Waals surface area contributed by atoms with Crippen molar-refractivity contribution in [2.24, 2.45) is 11.8 Å². The summed E-state index contributed by atoms with van der Waals surface area (Å²) in [4.78, 5) is 41.0. The molecule has 1 aromatic carbocycles. The van der Waals surface area contributed by atoms with Crippen molar-refractivity contribution in [2.45, 2.75) is 51.6 Å². The Balaban J connectivity index is 1.70. The molecule has 3 unspecified atom stereocenters. The molecule has 3 amide bonds. The molecule has 1 aromatic heterocycles. The Labute approximate surface area is 193 Å². The Morgan fingerprint density at radius 2 is 2.09 bits per heavy atom. The number of H-pyrrole nitrogens is 1. The third-order valence-corrected chi connectivity index (χ3v) is 5.81. The van der Waals surface area contributed by atoms with Crippen LogP contribution < -0.4 is 20.7 Å². The summed E-state index contributed by atoms with van der Waals surface area (Å²) in [6.07, 6.45) is 2.20. The molecular formula is C24H31N5O4. The lowest BCUT2D eigenvalue weighted by Crippen LogP contribution is -2.51. The summed E-state index contributed by atoms with van der Waals surface area (Å²) in [5, 5.41) is 18.6. The lowest BCUT2D eigenvalue weighted by molar-refractivity contribution is -0.128. The van der Waals surface area contributed by atoms with Crippen molar-refractivity contribution in [1.29, 1.82) is 5.26 Å². The molecular weight excluding hydrogens is 422 g/mol. The van der Waals surface area contributed by atoms with Crippen molar-refractivity contribution in [2.75, 3.05) is 13.7 Å². The van der Waals surface area contributed by atoms with Gasteiger partial charge in [-0.05, 0) is 49.8 Å². The van der Waals surface area contributed by atoms with Gasteiger partial charge in [0.1, 0.15) is 23.5 Å². The van der Waals surface area contributed by atoms with Crippen LogP contribution in [0.1, 0.15) is 50.0 Å². The Morgan fingerprint density at radius 3 is 2.76 bits per heavy atom.